The predicted molar refractivity (Wildman–Crippen MR) is 151 cm³/mol. The quantitative estimate of drug-likeness (QED) is 0.0946. The van der Waals surface area contributed by atoms with Gasteiger partial charge in [0.2, 0.25) is 0 Å². The fraction of sp³-hybridized carbons (Fsp3) is 0.333. The van der Waals surface area contributed by atoms with Crippen LogP contribution in [0, 0.1) is 40.5 Å². The zero-order chi connectivity index (χ0) is 29.5. The van der Waals surface area contributed by atoms with Gasteiger partial charge in [0, 0.05) is 0 Å². The van der Waals surface area contributed by atoms with Crippen molar-refractivity contribution in [2.45, 2.75) is 38.8 Å². The number of benzene rings is 2. The standard InChI is InChI=1S/C18H12Br4N10O8/c19-7-11-12(8(20)16(30(35)36)15(7)29(33)34)24-27(23-11)5-3-1-2-4-6-28-25-13-9(21)17(31(37)38)18(32(39)40)10(22)14(13)26-28/h1-6H2. The lowest BCUT2D eigenvalue weighted by molar-refractivity contribution is -0.423. The van der Waals surface area contributed by atoms with Gasteiger partial charge in [-0.05, 0) is 76.6 Å². The van der Waals surface area contributed by atoms with Gasteiger partial charge in [0.15, 0.2) is 0 Å². The van der Waals surface area contributed by atoms with Gasteiger partial charge in [0.05, 0.1) is 32.8 Å². The molecular weight excluding hydrogens is 804 g/mol. The van der Waals surface area contributed by atoms with Crippen molar-refractivity contribution in [3.8, 4) is 0 Å². The molecule has 22 heteroatoms. The van der Waals surface area contributed by atoms with E-state index in [1.165, 1.54) is 9.59 Å². The Hall–Kier alpha value is -3.24. The Kier molecular flexibility index (Phi) is 8.70. The lowest BCUT2D eigenvalue weighted by Gasteiger charge is -2.01. The first-order valence-electron chi connectivity index (χ1n) is 10.9. The number of aryl methyl sites for hydroxylation is 2. The summed E-state index contributed by atoms with van der Waals surface area (Å²) in [4.78, 5) is 44.9. The highest BCUT2D eigenvalue weighted by Gasteiger charge is 2.37. The maximum absolute atomic E-state index is 11.4. The van der Waals surface area contributed by atoms with Crippen LogP contribution in [0.3, 0.4) is 0 Å². The van der Waals surface area contributed by atoms with E-state index in [1.807, 2.05) is 0 Å². The SMILES string of the molecule is O=[N+]([O-])c1c([N+](=O)[O-])c(Br)c2nn(CCCCCCn3nc4c(Br)c([N+](=O)[O-])c([N+](=O)[O-])c(Br)c4n3)nc2c1Br. The lowest BCUT2D eigenvalue weighted by atomic mass is 10.2. The Morgan fingerprint density at radius 3 is 0.900 bits per heavy atom. The maximum atomic E-state index is 11.4. The molecule has 0 radical (unpaired) electrons. The molecule has 2 heterocycles. The second-order valence-electron chi connectivity index (χ2n) is 8.08. The molecule has 4 rings (SSSR count). The average molecular weight is 816 g/mol. The molecule has 0 aliphatic heterocycles. The van der Waals surface area contributed by atoms with E-state index in [1.54, 1.807) is 0 Å². The highest BCUT2D eigenvalue weighted by atomic mass is 79.9. The fourth-order valence-corrected chi connectivity index (χ4v) is 6.28. The van der Waals surface area contributed by atoms with Gasteiger partial charge in [-0.25, -0.2) is 0 Å². The Morgan fingerprint density at radius 2 is 0.700 bits per heavy atom. The minimum Gasteiger partial charge on any atom is -0.258 e. The summed E-state index contributed by atoms with van der Waals surface area (Å²) in [6.45, 7) is 0.679. The highest BCUT2D eigenvalue weighted by molar-refractivity contribution is 9.11. The normalized spacial score (nSPS) is 11.4. The molecule has 2 aromatic heterocycles. The first kappa shape index (κ1) is 29.7. The number of nitro groups is 4. The van der Waals surface area contributed by atoms with Gasteiger partial charge < -0.3 is 0 Å². The summed E-state index contributed by atoms with van der Waals surface area (Å²) in [5.41, 5.74) is -2.45. The van der Waals surface area contributed by atoms with Crippen LogP contribution in [0.25, 0.3) is 22.1 Å². The van der Waals surface area contributed by atoms with Crippen LogP contribution in [-0.4, -0.2) is 49.7 Å². The molecule has 4 aromatic rings. The molecule has 0 N–H and O–H groups in total. The molecule has 18 nitrogen and oxygen atoms in total. The largest absolute Gasteiger partial charge is 0.363 e. The van der Waals surface area contributed by atoms with E-state index in [0.29, 0.717) is 38.8 Å². The van der Waals surface area contributed by atoms with Gasteiger partial charge in [-0.2, -0.15) is 30.0 Å². The van der Waals surface area contributed by atoms with Crippen LogP contribution in [0.5, 0.6) is 0 Å². The van der Waals surface area contributed by atoms with Crippen LogP contribution >= 0.6 is 63.7 Å². The average Bonchev–Trinajstić information content (AvgIpc) is 3.50. The van der Waals surface area contributed by atoms with E-state index in [2.05, 4.69) is 84.1 Å². The van der Waals surface area contributed by atoms with Crippen molar-refractivity contribution in [2.24, 2.45) is 0 Å². The van der Waals surface area contributed by atoms with E-state index in [4.69, 9.17) is 0 Å². The van der Waals surface area contributed by atoms with Gasteiger partial charge in [-0.15, -0.1) is 0 Å². The smallest absolute Gasteiger partial charge is 0.258 e. The lowest BCUT2D eigenvalue weighted by Crippen LogP contribution is -2.04. The van der Waals surface area contributed by atoms with E-state index < -0.39 is 42.4 Å². The number of unbranched alkanes of at least 4 members (excludes halogenated alkanes) is 3. The molecule has 40 heavy (non-hydrogen) atoms. The van der Waals surface area contributed by atoms with Crippen LogP contribution in [0.1, 0.15) is 25.7 Å². The molecular formula is C18H12Br4N10O8. The molecule has 2 aromatic carbocycles. The van der Waals surface area contributed by atoms with Gasteiger partial charge in [-0.1, -0.05) is 12.8 Å². The van der Waals surface area contributed by atoms with Crippen LogP contribution in [0.2, 0.25) is 0 Å². The predicted octanol–water partition coefficient (Wildman–Crippen LogP) is 6.12. The van der Waals surface area contributed by atoms with Crippen LogP contribution in [-0.2, 0) is 13.1 Å². The Morgan fingerprint density at radius 1 is 0.475 bits per heavy atom. The molecule has 0 unspecified atom stereocenters. The van der Waals surface area contributed by atoms with Gasteiger partial charge in [0.1, 0.15) is 40.0 Å². The van der Waals surface area contributed by atoms with Crippen molar-refractivity contribution >= 4 is 109 Å². The van der Waals surface area contributed by atoms with Crippen LogP contribution < -0.4 is 0 Å². The topological polar surface area (TPSA) is 234 Å². The number of nitro benzene ring substituents is 4. The van der Waals surface area contributed by atoms with E-state index in [0.717, 1.165) is 0 Å². The van der Waals surface area contributed by atoms with Crippen molar-refractivity contribution in [1.82, 2.24) is 30.0 Å². The second-order valence-corrected chi connectivity index (χ2v) is 11.3. The molecule has 0 bridgehead atoms. The Labute approximate surface area is 254 Å². The van der Waals surface area contributed by atoms with Crippen molar-refractivity contribution < 1.29 is 19.7 Å². The number of hydrogen-bond donors (Lipinski definition) is 0. The fourth-order valence-electron chi connectivity index (χ4n) is 3.88. The Balaban J connectivity index is 1.41. The van der Waals surface area contributed by atoms with Crippen molar-refractivity contribution in [3.63, 3.8) is 0 Å². The van der Waals surface area contributed by atoms with Crippen LogP contribution in [0.15, 0.2) is 17.9 Å². The third kappa shape index (κ3) is 5.39. The first-order chi connectivity index (χ1) is 18.8. The summed E-state index contributed by atoms with van der Waals surface area (Å²) in [5.74, 6) is 0. The maximum Gasteiger partial charge on any atom is 0.363 e. The molecule has 0 atom stereocenters. The minimum atomic E-state index is -0.858. The monoisotopic (exact) mass is 812 g/mol. The minimum absolute atomic E-state index is 0.110. The van der Waals surface area contributed by atoms with E-state index >= 15 is 0 Å². The van der Waals surface area contributed by atoms with E-state index in [-0.39, 0.29) is 40.0 Å². The molecule has 0 amide bonds. The molecule has 0 spiro atoms. The summed E-state index contributed by atoms with van der Waals surface area (Å²) in [6.07, 6.45) is 2.66. The van der Waals surface area contributed by atoms with Crippen LogP contribution in [0.4, 0.5) is 22.7 Å². The summed E-state index contributed by atoms with van der Waals surface area (Å²) >= 11 is 12.2. The second kappa shape index (κ2) is 11.7. The molecule has 0 saturated carbocycles. The van der Waals surface area contributed by atoms with Gasteiger partial charge in [-0.3, -0.25) is 40.5 Å². The van der Waals surface area contributed by atoms with E-state index in [9.17, 15) is 40.5 Å². The summed E-state index contributed by atoms with van der Waals surface area (Å²) in [7, 11) is 0. The number of rotatable bonds is 11. The van der Waals surface area contributed by atoms with Crippen molar-refractivity contribution in [3.05, 3.63) is 58.3 Å². The third-order valence-electron chi connectivity index (χ3n) is 5.62. The number of nitrogens with zero attached hydrogens (tertiary/aromatic N) is 10. The van der Waals surface area contributed by atoms with Gasteiger partial charge in [0.25, 0.3) is 0 Å². The molecule has 0 saturated heterocycles. The zero-order valence-electron chi connectivity index (χ0n) is 19.5. The number of aromatic nitrogens is 6. The Bertz CT molecular complexity index is 1500. The molecule has 0 aliphatic rings. The first-order valence-corrected chi connectivity index (χ1v) is 14.1. The molecule has 0 fully saturated rings. The van der Waals surface area contributed by atoms with Gasteiger partial charge >= 0.3 is 22.7 Å². The third-order valence-corrected chi connectivity index (χ3v) is 8.62. The molecule has 210 valence electrons. The summed E-state index contributed by atoms with van der Waals surface area (Å²) in [6, 6.07) is 0. The summed E-state index contributed by atoms with van der Waals surface area (Å²) < 4.78 is -0.549. The van der Waals surface area contributed by atoms with Crippen molar-refractivity contribution in [2.75, 3.05) is 0 Å². The number of hydrogen-bond acceptors (Lipinski definition) is 12. The number of halogens is 4. The van der Waals surface area contributed by atoms with Crippen molar-refractivity contribution in [1.29, 1.82) is 0 Å². The number of fused-ring (bicyclic) bond motifs is 2. The highest BCUT2D eigenvalue weighted by Crippen LogP contribution is 2.46. The summed E-state index contributed by atoms with van der Waals surface area (Å²) in [5, 5.41) is 62.6. The molecule has 0 aliphatic carbocycles. The zero-order valence-corrected chi connectivity index (χ0v) is 25.8.